The van der Waals surface area contributed by atoms with Crippen molar-refractivity contribution in [2.45, 2.75) is 0 Å². The molecule has 0 radical (unpaired) electrons. The van der Waals surface area contributed by atoms with Crippen LogP contribution in [0.2, 0.25) is 0 Å². The largest absolute Gasteiger partial charge is 0.282 e. The third-order valence-electron chi connectivity index (χ3n) is 1.64. The van der Waals surface area contributed by atoms with Crippen LogP contribution in [0.5, 0.6) is 0 Å². The summed E-state index contributed by atoms with van der Waals surface area (Å²) in [7, 11) is 0. The van der Waals surface area contributed by atoms with E-state index in [1.807, 2.05) is 0 Å². The Hall–Kier alpha value is -3.59. The van der Waals surface area contributed by atoms with E-state index in [4.69, 9.17) is 0 Å². The van der Waals surface area contributed by atoms with Crippen LogP contribution in [0.1, 0.15) is 0 Å². The van der Waals surface area contributed by atoms with Gasteiger partial charge in [-0.2, -0.15) is 0 Å². The lowest BCUT2D eigenvalue weighted by molar-refractivity contribution is 0.633. The van der Waals surface area contributed by atoms with Crippen molar-refractivity contribution in [2.24, 2.45) is 0 Å². The van der Waals surface area contributed by atoms with Gasteiger partial charge in [0.1, 0.15) is 0 Å². The first-order chi connectivity index (χ1) is 9.45. The Morgan fingerprint density at radius 3 is 0.895 bits per heavy atom. The Labute approximate surface area is 101 Å². The minimum absolute atomic E-state index is 0.0837. The summed E-state index contributed by atoms with van der Waals surface area (Å²) in [6.07, 6.45) is 0. The molecule has 0 spiro atoms. The molecule has 0 amide bonds. The molecule has 0 saturated carbocycles. The minimum Gasteiger partial charge on any atom is -0.205 e. The molecule has 0 saturated heterocycles. The Morgan fingerprint density at radius 2 is 0.632 bits per heavy atom. The number of aromatic nitrogens is 15. The monoisotopic (exact) mass is 260 g/mol. The molecule has 16 nitrogen and oxygen atoms in total. The molecule has 0 aliphatic carbocycles. The maximum Gasteiger partial charge on any atom is 0.282 e. The highest BCUT2D eigenvalue weighted by Gasteiger charge is 2.23. The van der Waals surface area contributed by atoms with E-state index < -0.39 is 0 Å². The maximum absolute atomic E-state index is 3.61. The number of rotatable bonds is 3. The van der Waals surface area contributed by atoms with Crippen LogP contribution in [-0.4, -0.2) is 77.5 Å². The average molecular weight is 260 g/mol. The maximum atomic E-state index is 3.61. The van der Waals surface area contributed by atoms with E-state index in [2.05, 4.69) is 77.5 Å². The summed E-state index contributed by atoms with van der Waals surface area (Å²) in [5.41, 5.74) is 0. The second-order valence-electron chi connectivity index (χ2n) is 2.64. The molecule has 3 aromatic heterocycles. The van der Waals surface area contributed by atoms with E-state index in [-0.39, 0.29) is 17.8 Å². The predicted octanol–water partition coefficient (Wildman–Crippen LogP) is -3.92. The Balaban J connectivity index is 2.12. The summed E-state index contributed by atoms with van der Waals surface area (Å²) in [5, 5.41) is 51.2. The van der Waals surface area contributed by atoms with Gasteiger partial charge in [0.15, 0.2) is 0 Å². The molecule has 3 rings (SSSR count). The molecule has 0 aliphatic rings. The normalized spacial score (nSPS) is 10.1. The van der Waals surface area contributed by atoms with E-state index in [1.54, 1.807) is 0 Å². The predicted molar refractivity (Wildman–Crippen MR) is 48.0 cm³/mol. The molecule has 0 atom stereocenters. The van der Waals surface area contributed by atoms with Gasteiger partial charge in [0, 0.05) is 0 Å². The standard InChI is InChI=1S/C3N16/c4-1(5-11-16-10-4)19(2-6-12-17-13-7-2)3-8-14-18-15-9-3. The second-order valence-corrected chi connectivity index (χ2v) is 2.64. The minimum atomic E-state index is -0.0837. The number of nitrogens with zero attached hydrogens (tertiary/aromatic N) is 16. The zero-order chi connectivity index (χ0) is 12.9. The molecule has 0 aromatic carbocycles. The zero-order valence-corrected chi connectivity index (χ0v) is 8.66. The lowest BCUT2D eigenvalue weighted by atomic mass is 10.7. The van der Waals surface area contributed by atoms with Crippen molar-refractivity contribution in [2.75, 3.05) is 4.90 Å². The molecule has 0 N–H and O–H groups in total. The fraction of sp³-hybridized carbons (Fsp3) is 0. The quantitative estimate of drug-likeness (QED) is 0.441. The van der Waals surface area contributed by atoms with Crippen LogP contribution in [0.3, 0.4) is 0 Å². The van der Waals surface area contributed by atoms with Gasteiger partial charge in [-0.05, 0) is 46.9 Å². The van der Waals surface area contributed by atoms with Crippen molar-refractivity contribution in [3.63, 3.8) is 0 Å². The van der Waals surface area contributed by atoms with Crippen LogP contribution < -0.4 is 4.90 Å². The highest BCUT2D eigenvalue weighted by molar-refractivity contribution is 5.58. The highest BCUT2D eigenvalue weighted by Crippen LogP contribution is 2.21. The molecule has 16 heteroatoms. The van der Waals surface area contributed by atoms with Gasteiger partial charge in [0.2, 0.25) is 0 Å². The van der Waals surface area contributed by atoms with Gasteiger partial charge in [-0.1, -0.05) is 30.6 Å². The van der Waals surface area contributed by atoms with E-state index in [0.29, 0.717) is 0 Å². The van der Waals surface area contributed by atoms with Crippen LogP contribution in [0.25, 0.3) is 0 Å². The van der Waals surface area contributed by atoms with Gasteiger partial charge >= 0.3 is 0 Å². The number of hydrogen-bond acceptors (Lipinski definition) is 16. The number of anilines is 3. The Kier molecular flexibility index (Phi) is 2.63. The van der Waals surface area contributed by atoms with E-state index in [9.17, 15) is 0 Å². The van der Waals surface area contributed by atoms with Crippen LogP contribution in [-0.2, 0) is 0 Å². The van der Waals surface area contributed by atoms with Gasteiger partial charge < -0.3 is 0 Å². The van der Waals surface area contributed by atoms with Gasteiger partial charge in [-0.25, -0.2) is 4.90 Å². The zero-order valence-electron chi connectivity index (χ0n) is 8.66. The van der Waals surface area contributed by atoms with Crippen LogP contribution in [0.15, 0.2) is 0 Å². The summed E-state index contributed by atoms with van der Waals surface area (Å²) in [6, 6.07) is 0. The Bertz CT molecular complexity index is 530. The van der Waals surface area contributed by atoms with Crippen molar-refractivity contribution in [3.8, 4) is 0 Å². The van der Waals surface area contributed by atoms with Crippen LogP contribution in [0.4, 0.5) is 17.8 Å². The molecule has 3 aromatic rings. The third kappa shape index (κ3) is 2.11. The molecule has 0 fully saturated rings. The first-order valence-electron chi connectivity index (χ1n) is 4.41. The number of hydrogen-bond donors (Lipinski definition) is 0. The average Bonchev–Trinajstić information content (AvgIpc) is 2.51. The smallest absolute Gasteiger partial charge is 0.205 e. The third-order valence-corrected chi connectivity index (χ3v) is 1.64. The van der Waals surface area contributed by atoms with Gasteiger partial charge in [-0.3, -0.25) is 0 Å². The fourth-order valence-electron chi connectivity index (χ4n) is 1.01. The first-order valence-corrected chi connectivity index (χ1v) is 4.41. The summed E-state index contributed by atoms with van der Waals surface area (Å²) in [6.45, 7) is 0. The van der Waals surface area contributed by atoms with Crippen molar-refractivity contribution in [1.29, 1.82) is 0 Å². The van der Waals surface area contributed by atoms with Gasteiger partial charge in [0.05, 0.1) is 0 Å². The van der Waals surface area contributed by atoms with Gasteiger partial charge in [-0.15, -0.1) is 0 Å². The van der Waals surface area contributed by atoms with Crippen molar-refractivity contribution in [3.05, 3.63) is 0 Å². The molecular weight excluding hydrogens is 260 g/mol. The van der Waals surface area contributed by atoms with Gasteiger partial charge in [0.25, 0.3) is 17.8 Å². The van der Waals surface area contributed by atoms with Crippen molar-refractivity contribution >= 4 is 17.8 Å². The molecule has 0 bridgehead atoms. The topological polar surface area (TPSA) is 197 Å². The summed E-state index contributed by atoms with van der Waals surface area (Å²) in [5.74, 6) is -0.251. The SMILES string of the molecule is n1nnc(N(c2nnnnn2)c2nnnnn2)nn1. The summed E-state index contributed by atoms with van der Waals surface area (Å²) < 4.78 is 0. The van der Waals surface area contributed by atoms with E-state index >= 15 is 0 Å². The molecule has 19 heavy (non-hydrogen) atoms. The lowest BCUT2D eigenvalue weighted by Gasteiger charge is -2.12. The lowest BCUT2D eigenvalue weighted by Crippen LogP contribution is -2.22. The molecule has 0 unspecified atom stereocenters. The highest BCUT2D eigenvalue weighted by atomic mass is 15.6. The fourth-order valence-corrected chi connectivity index (χ4v) is 1.01. The molecule has 92 valence electrons. The van der Waals surface area contributed by atoms with Crippen LogP contribution in [0, 0.1) is 0 Å². The summed E-state index contributed by atoms with van der Waals surface area (Å²) in [4.78, 5) is 1.09. The molecular formula is C3N16. The molecule has 0 aliphatic heterocycles. The van der Waals surface area contributed by atoms with Crippen molar-refractivity contribution in [1.82, 2.24) is 77.5 Å². The van der Waals surface area contributed by atoms with E-state index in [0.717, 1.165) is 4.90 Å². The molecule has 3 heterocycles. The van der Waals surface area contributed by atoms with Crippen LogP contribution >= 0.6 is 0 Å². The summed E-state index contributed by atoms with van der Waals surface area (Å²) >= 11 is 0. The Morgan fingerprint density at radius 1 is 0.368 bits per heavy atom. The first kappa shape index (κ1) is 10.6. The second kappa shape index (κ2) is 4.73. The van der Waals surface area contributed by atoms with Crippen molar-refractivity contribution < 1.29 is 0 Å². The van der Waals surface area contributed by atoms with E-state index in [1.165, 1.54) is 0 Å².